The fourth-order valence-corrected chi connectivity index (χ4v) is 3.74. The van der Waals surface area contributed by atoms with Crippen molar-refractivity contribution in [1.82, 2.24) is 10.6 Å². The Labute approximate surface area is 212 Å². The fraction of sp³-hybridized carbons (Fsp3) is 0.241. The number of benzene rings is 3. The minimum absolute atomic E-state index is 0.203. The summed E-state index contributed by atoms with van der Waals surface area (Å²) in [5.41, 5.74) is 11.0. The van der Waals surface area contributed by atoms with Gasteiger partial charge in [0.25, 0.3) is 5.91 Å². The number of hydrogen-bond acceptors (Lipinski definition) is 5. The topological polar surface area (TPSA) is 114 Å². The van der Waals surface area contributed by atoms with E-state index in [0.29, 0.717) is 30.9 Å². The maximum absolute atomic E-state index is 13.1. The van der Waals surface area contributed by atoms with Gasteiger partial charge in [-0.1, -0.05) is 49.7 Å². The molecule has 0 radical (unpaired) electrons. The third-order valence-electron chi connectivity index (χ3n) is 5.85. The number of carbonyl (C=O) groups is 2. The molecule has 1 amide bonds. The van der Waals surface area contributed by atoms with E-state index in [0.717, 1.165) is 40.8 Å². The molecule has 0 saturated carbocycles. The third kappa shape index (κ3) is 6.88. The Bertz CT molecular complexity index is 1200. The second kappa shape index (κ2) is 13.0. The van der Waals surface area contributed by atoms with Gasteiger partial charge in [-0.2, -0.15) is 0 Å². The summed E-state index contributed by atoms with van der Waals surface area (Å²) in [7, 11) is 1.78. The summed E-state index contributed by atoms with van der Waals surface area (Å²) in [4.78, 5) is 24.1. The van der Waals surface area contributed by atoms with Crippen molar-refractivity contribution >= 4 is 17.6 Å². The third-order valence-corrected chi connectivity index (χ3v) is 5.85. The molecule has 0 spiro atoms. The molecule has 7 nitrogen and oxygen atoms in total. The van der Waals surface area contributed by atoms with Crippen molar-refractivity contribution < 1.29 is 19.4 Å². The monoisotopic (exact) mass is 487 g/mol. The lowest BCUT2D eigenvalue weighted by Gasteiger charge is -2.14. The highest BCUT2D eigenvalue weighted by Gasteiger charge is 2.15. The van der Waals surface area contributed by atoms with Gasteiger partial charge in [-0.25, -0.2) is 4.79 Å². The number of amides is 1. The van der Waals surface area contributed by atoms with Crippen LogP contribution in [-0.4, -0.2) is 37.2 Å². The van der Waals surface area contributed by atoms with Crippen LogP contribution in [0.15, 0.2) is 72.9 Å². The number of nitrogens with one attached hydrogen (secondary N) is 2. The molecule has 7 heteroatoms. The molecule has 0 aliphatic rings. The van der Waals surface area contributed by atoms with Gasteiger partial charge in [0.2, 0.25) is 0 Å². The Hall–Kier alpha value is -4.26. The Kier molecular flexibility index (Phi) is 9.51. The van der Waals surface area contributed by atoms with Gasteiger partial charge in [0.05, 0.1) is 23.4 Å². The van der Waals surface area contributed by atoms with Crippen LogP contribution in [0.25, 0.3) is 16.8 Å². The second-order valence-corrected chi connectivity index (χ2v) is 8.33. The van der Waals surface area contributed by atoms with Crippen LogP contribution in [0, 0.1) is 0 Å². The van der Waals surface area contributed by atoms with E-state index in [4.69, 9.17) is 15.6 Å². The van der Waals surface area contributed by atoms with E-state index >= 15 is 0 Å². The average Bonchev–Trinajstić information content (AvgIpc) is 2.90. The second-order valence-electron chi connectivity index (χ2n) is 8.33. The Morgan fingerprint density at radius 2 is 1.61 bits per heavy atom. The van der Waals surface area contributed by atoms with Crippen molar-refractivity contribution in [3.05, 3.63) is 95.2 Å². The van der Waals surface area contributed by atoms with E-state index in [1.807, 2.05) is 36.4 Å². The van der Waals surface area contributed by atoms with Gasteiger partial charge in [0.15, 0.2) is 0 Å². The highest BCUT2D eigenvalue weighted by molar-refractivity contribution is 5.97. The number of carbonyl (C=O) groups excluding carboxylic acids is 1. The normalized spacial score (nSPS) is 11.1. The van der Waals surface area contributed by atoms with Crippen molar-refractivity contribution in [3.8, 4) is 16.9 Å². The molecule has 188 valence electrons. The number of ether oxygens (including phenoxy) is 1. The lowest BCUT2D eigenvalue weighted by atomic mass is 10.0. The number of aromatic carboxylic acids is 1. The lowest BCUT2D eigenvalue weighted by Crippen LogP contribution is -2.26. The summed E-state index contributed by atoms with van der Waals surface area (Å²) in [5, 5.41) is 15.1. The first-order chi connectivity index (χ1) is 17.5. The molecule has 0 atom stereocenters. The molecule has 0 fully saturated rings. The quantitative estimate of drug-likeness (QED) is 0.276. The van der Waals surface area contributed by atoms with E-state index in [9.17, 15) is 9.59 Å². The van der Waals surface area contributed by atoms with Crippen molar-refractivity contribution in [1.29, 1.82) is 0 Å². The van der Waals surface area contributed by atoms with Crippen LogP contribution in [0.3, 0.4) is 0 Å². The van der Waals surface area contributed by atoms with E-state index in [2.05, 4.69) is 17.6 Å². The molecular formula is C29H33N3O4. The molecule has 0 aliphatic heterocycles. The number of hydrogen-bond donors (Lipinski definition) is 4. The molecule has 0 bridgehead atoms. The van der Waals surface area contributed by atoms with Gasteiger partial charge in [-0.3, -0.25) is 4.79 Å². The SMILES string of the molecule is CCCCOc1ccc(/C(=C/N)NC)cc1C(=O)NCCc1ccc(-c2ccc(C(=O)O)cc2)cc1. The summed E-state index contributed by atoms with van der Waals surface area (Å²) in [6, 6.07) is 20.3. The van der Waals surface area contributed by atoms with Crippen LogP contribution in [-0.2, 0) is 6.42 Å². The number of unbranched alkanes of at least 4 members (excludes halogenated alkanes) is 1. The first-order valence-corrected chi connectivity index (χ1v) is 12.0. The number of carboxylic acid groups (broad SMARTS) is 1. The first kappa shape index (κ1) is 26.3. The predicted octanol–water partition coefficient (Wildman–Crippen LogP) is 4.68. The molecule has 0 aliphatic carbocycles. The zero-order chi connectivity index (χ0) is 25.9. The molecule has 0 saturated heterocycles. The van der Waals surface area contributed by atoms with Crippen LogP contribution >= 0.6 is 0 Å². The Morgan fingerprint density at radius 3 is 2.19 bits per heavy atom. The molecule has 36 heavy (non-hydrogen) atoms. The minimum atomic E-state index is -0.941. The Balaban J connectivity index is 1.65. The van der Waals surface area contributed by atoms with Crippen LogP contribution in [0.1, 0.15) is 51.6 Å². The van der Waals surface area contributed by atoms with Crippen molar-refractivity contribution in [2.45, 2.75) is 26.2 Å². The summed E-state index contributed by atoms with van der Waals surface area (Å²) in [6.45, 7) is 3.11. The van der Waals surface area contributed by atoms with E-state index in [-0.39, 0.29) is 11.5 Å². The maximum Gasteiger partial charge on any atom is 0.335 e. The number of nitrogens with two attached hydrogens (primary N) is 1. The molecule has 0 heterocycles. The lowest BCUT2D eigenvalue weighted by molar-refractivity contribution is 0.0696. The van der Waals surface area contributed by atoms with Gasteiger partial charge >= 0.3 is 5.97 Å². The van der Waals surface area contributed by atoms with Gasteiger partial charge in [0, 0.05) is 25.4 Å². The number of carboxylic acids is 1. The smallest absolute Gasteiger partial charge is 0.335 e. The summed E-state index contributed by atoms with van der Waals surface area (Å²) >= 11 is 0. The van der Waals surface area contributed by atoms with E-state index in [1.165, 1.54) is 6.20 Å². The van der Waals surface area contributed by atoms with Crippen LogP contribution in [0.4, 0.5) is 0 Å². The molecule has 3 rings (SSSR count). The Morgan fingerprint density at radius 1 is 0.972 bits per heavy atom. The van der Waals surface area contributed by atoms with Crippen LogP contribution in [0.5, 0.6) is 5.75 Å². The fourth-order valence-electron chi connectivity index (χ4n) is 3.74. The van der Waals surface area contributed by atoms with Crippen molar-refractivity contribution in [2.75, 3.05) is 20.2 Å². The van der Waals surface area contributed by atoms with Crippen molar-refractivity contribution in [2.24, 2.45) is 5.73 Å². The molecular weight excluding hydrogens is 454 g/mol. The predicted molar refractivity (Wildman–Crippen MR) is 143 cm³/mol. The van der Waals surface area contributed by atoms with Gasteiger partial charge < -0.3 is 26.2 Å². The van der Waals surface area contributed by atoms with E-state index < -0.39 is 5.97 Å². The van der Waals surface area contributed by atoms with Gasteiger partial charge in [-0.05, 0) is 59.9 Å². The minimum Gasteiger partial charge on any atom is -0.493 e. The van der Waals surface area contributed by atoms with E-state index in [1.54, 1.807) is 37.4 Å². The molecule has 0 aromatic heterocycles. The summed E-state index contributed by atoms with van der Waals surface area (Å²) < 4.78 is 5.88. The zero-order valence-corrected chi connectivity index (χ0v) is 20.7. The summed E-state index contributed by atoms with van der Waals surface area (Å²) in [5.74, 6) is -0.593. The first-order valence-electron chi connectivity index (χ1n) is 12.0. The molecule has 5 N–H and O–H groups in total. The van der Waals surface area contributed by atoms with Gasteiger partial charge in [-0.15, -0.1) is 0 Å². The molecule has 3 aromatic carbocycles. The standard InChI is InChI=1S/C29H33N3O4/c1-3-4-17-36-27-14-13-24(26(19-30)31-2)18-25(27)28(33)32-16-15-20-5-7-21(8-6-20)22-9-11-23(12-10-22)29(34)35/h5-14,18-19,31H,3-4,15-17,30H2,1-2H3,(H,32,33)(H,34,35)/b26-19-. The van der Waals surface area contributed by atoms with Gasteiger partial charge in [0.1, 0.15) is 5.75 Å². The zero-order valence-electron chi connectivity index (χ0n) is 20.7. The molecule has 3 aromatic rings. The average molecular weight is 488 g/mol. The largest absolute Gasteiger partial charge is 0.493 e. The van der Waals surface area contributed by atoms with Crippen LogP contribution < -0.4 is 21.1 Å². The summed E-state index contributed by atoms with van der Waals surface area (Å²) in [6.07, 6.45) is 4.05. The highest BCUT2D eigenvalue weighted by Crippen LogP contribution is 2.24. The maximum atomic E-state index is 13.1. The highest BCUT2D eigenvalue weighted by atomic mass is 16.5. The van der Waals surface area contributed by atoms with Crippen LogP contribution in [0.2, 0.25) is 0 Å². The number of rotatable bonds is 12. The molecule has 0 unspecified atom stereocenters. The van der Waals surface area contributed by atoms with Crippen molar-refractivity contribution in [3.63, 3.8) is 0 Å².